The fraction of sp³-hybridized carbons (Fsp3) is 0.231. The number of methoxy groups -OCH3 is 2. The Hall–Kier alpha value is -3.54. The lowest BCUT2D eigenvalue weighted by Crippen LogP contribution is -2.48. The summed E-state index contributed by atoms with van der Waals surface area (Å²) in [5, 5.41) is 1.43. The number of fused-ring (bicyclic) bond motifs is 1. The predicted molar refractivity (Wildman–Crippen MR) is 150 cm³/mol. The van der Waals surface area contributed by atoms with Crippen molar-refractivity contribution in [2.75, 3.05) is 50.0 Å². The molecule has 4 aromatic rings. The number of halogens is 1. The maximum absolute atomic E-state index is 13.4. The van der Waals surface area contributed by atoms with Crippen molar-refractivity contribution in [3.05, 3.63) is 71.2 Å². The van der Waals surface area contributed by atoms with Crippen molar-refractivity contribution in [3.63, 3.8) is 0 Å². The van der Waals surface area contributed by atoms with Crippen LogP contribution in [0.4, 0.5) is 10.8 Å². The van der Waals surface area contributed by atoms with Crippen molar-refractivity contribution in [1.82, 2.24) is 9.88 Å². The van der Waals surface area contributed by atoms with Gasteiger partial charge < -0.3 is 19.3 Å². The van der Waals surface area contributed by atoms with E-state index in [1.54, 1.807) is 60.5 Å². The number of thiazole rings is 1. The first-order chi connectivity index (χ1) is 18.3. The quantitative estimate of drug-likeness (QED) is 0.342. The number of anilines is 2. The summed E-state index contributed by atoms with van der Waals surface area (Å²) in [4.78, 5) is 22.1. The van der Waals surface area contributed by atoms with Crippen molar-refractivity contribution < 1.29 is 22.7 Å². The third-order valence-corrected chi connectivity index (χ3v) is 9.23. The SMILES string of the molecule is COc1ccc(S(=O)(=O)Nc2ccccc2C(=O)N2CCN(c3nc4c(OC)ccc(Cl)c4s3)CC2)cc1. The average Bonchev–Trinajstić information content (AvgIpc) is 3.40. The Morgan fingerprint density at radius 2 is 1.68 bits per heavy atom. The molecule has 1 aromatic heterocycles. The Kier molecular flexibility index (Phi) is 7.33. The highest BCUT2D eigenvalue weighted by Crippen LogP contribution is 2.39. The molecule has 1 aliphatic heterocycles. The number of carbonyl (C=O) groups is 1. The molecule has 3 aromatic carbocycles. The van der Waals surface area contributed by atoms with E-state index in [1.165, 1.54) is 30.6 Å². The first-order valence-corrected chi connectivity index (χ1v) is 14.4. The van der Waals surface area contributed by atoms with Crippen LogP contribution in [0.3, 0.4) is 0 Å². The molecule has 1 N–H and O–H groups in total. The molecule has 1 amide bonds. The van der Waals surface area contributed by atoms with Gasteiger partial charge in [0, 0.05) is 26.2 Å². The molecule has 198 valence electrons. The molecule has 1 fully saturated rings. The van der Waals surface area contributed by atoms with Gasteiger partial charge in [-0.25, -0.2) is 13.4 Å². The highest BCUT2D eigenvalue weighted by Gasteiger charge is 2.27. The zero-order chi connectivity index (χ0) is 26.9. The highest BCUT2D eigenvalue weighted by atomic mass is 35.5. The van der Waals surface area contributed by atoms with E-state index in [-0.39, 0.29) is 22.1 Å². The summed E-state index contributed by atoms with van der Waals surface area (Å²) < 4.78 is 39.9. The number of rotatable bonds is 7. The summed E-state index contributed by atoms with van der Waals surface area (Å²) in [5.74, 6) is 0.966. The van der Waals surface area contributed by atoms with E-state index in [9.17, 15) is 13.2 Å². The minimum atomic E-state index is -3.90. The Balaban J connectivity index is 1.30. The van der Waals surface area contributed by atoms with Crippen LogP contribution in [-0.2, 0) is 10.0 Å². The normalized spacial score (nSPS) is 14.0. The first-order valence-electron chi connectivity index (χ1n) is 11.7. The second-order valence-electron chi connectivity index (χ2n) is 8.53. The maximum atomic E-state index is 13.4. The lowest BCUT2D eigenvalue weighted by molar-refractivity contribution is 0.0748. The smallest absolute Gasteiger partial charge is 0.261 e. The van der Waals surface area contributed by atoms with Crippen LogP contribution in [0.25, 0.3) is 10.2 Å². The van der Waals surface area contributed by atoms with E-state index < -0.39 is 10.0 Å². The minimum absolute atomic E-state index is 0.0711. The zero-order valence-corrected chi connectivity index (χ0v) is 23.1. The third-order valence-electron chi connectivity index (χ3n) is 6.28. The van der Waals surface area contributed by atoms with E-state index >= 15 is 0 Å². The Morgan fingerprint density at radius 3 is 2.37 bits per heavy atom. The number of amides is 1. The van der Waals surface area contributed by atoms with E-state index in [2.05, 4.69) is 9.62 Å². The molecule has 2 heterocycles. The van der Waals surface area contributed by atoms with Gasteiger partial charge in [-0.05, 0) is 48.5 Å². The van der Waals surface area contributed by atoms with Gasteiger partial charge in [0.2, 0.25) is 0 Å². The van der Waals surface area contributed by atoms with E-state index in [0.717, 1.165) is 15.3 Å². The molecule has 0 radical (unpaired) electrons. The van der Waals surface area contributed by atoms with Gasteiger partial charge in [-0.3, -0.25) is 9.52 Å². The number of sulfonamides is 1. The molecule has 0 spiro atoms. The number of piperazine rings is 1. The molecular weight excluding hydrogens is 548 g/mol. The number of hydrogen-bond acceptors (Lipinski definition) is 8. The summed E-state index contributed by atoms with van der Waals surface area (Å²) in [7, 11) is -0.797. The summed E-state index contributed by atoms with van der Waals surface area (Å²) in [5.41, 5.74) is 1.23. The van der Waals surface area contributed by atoms with Gasteiger partial charge in [0.05, 0.1) is 40.1 Å². The Labute approximate surface area is 229 Å². The molecule has 0 bridgehead atoms. The standard InChI is InChI=1S/C26H25ClN4O5S2/c1-35-17-7-9-18(10-8-17)38(33,34)29-21-6-4-3-5-19(21)25(32)30-13-15-31(16-14-30)26-28-23-22(36-2)12-11-20(27)24(23)37-26/h3-12,29H,13-16H2,1-2H3. The van der Waals surface area contributed by atoms with E-state index in [4.69, 9.17) is 26.1 Å². The molecule has 0 unspecified atom stereocenters. The number of para-hydroxylation sites is 1. The van der Waals surface area contributed by atoms with Crippen LogP contribution in [0.5, 0.6) is 11.5 Å². The number of aromatic nitrogens is 1. The Bertz CT molecular complexity index is 1580. The van der Waals surface area contributed by atoms with Crippen molar-refractivity contribution in [1.29, 1.82) is 0 Å². The number of ether oxygens (including phenoxy) is 2. The summed E-state index contributed by atoms with van der Waals surface area (Å²) in [6.45, 7) is 2.06. The van der Waals surface area contributed by atoms with Crippen LogP contribution >= 0.6 is 22.9 Å². The molecule has 1 aliphatic rings. The molecule has 1 saturated heterocycles. The topological polar surface area (TPSA) is 101 Å². The van der Waals surface area contributed by atoms with Gasteiger partial charge in [0.1, 0.15) is 17.0 Å². The summed E-state index contributed by atoms with van der Waals surface area (Å²) >= 11 is 7.86. The molecule has 0 saturated carbocycles. The van der Waals surface area contributed by atoms with Crippen molar-refractivity contribution in [2.24, 2.45) is 0 Å². The minimum Gasteiger partial charge on any atom is -0.497 e. The van der Waals surface area contributed by atoms with Crippen molar-refractivity contribution in [3.8, 4) is 11.5 Å². The van der Waals surface area contributed by atoms with Crippen LogP contribution in [0.1, 0.15) is 10.4 Å². The highest BCUT2D eigenvalue weighted by molar-refractivity contribution is 7.92. The van der Waals surface area contributed by atoms with Gasteiger partial charge >= 0.3 is 0 Å². The molecule has 9 nitrogen and oxygen atoms in total. The summed E-state index contributed by atoms with van der Waals surface area (Å²) in [6, 6.07) is 16.3. The van der Waals surface area contributed by atoms with Crippen LogP contribution in [0.2, 0.25) is 5.02 Å². The van der Waals surface area contributed by atoms with Crippen LogP contribution < -0.4 is 19.1 Å². The van der Waals surface area contributed by atoms with E-state index in [1.807, 2.05) is 0 Å². The lowest BCUT2D eigenvalue weighted by Gasteiger charge is -2.34. The fourth-order valence-corrected chi connectivity index (χ4v) is 6.62. The number of nitrogens with one attached hydrogen (secondary N) is 1. The summed E-state index contributed by atoms with van der Waals surface area (Å²) in [6.07, 6.45) is 0. The zero-order valence-electron chi connectivity index (χ0n) is 20.7. The van der Waals surface area contributed by atoms with Gasteiger partial charge in [-0.1, -0.05) is 35.1 Å². The third kappa shape index (κ3) is 5.09. The van der Waals surface area contributed by atoms with Crippen LogP contribution in [-0.4, -0.2) is 64.6 Å². The number of carbonyl (C=O) groups excluding carboxylic acids is 1. The monoisotopic (exact) mass is 572 g/mol. The second-order valence-corrected chi connectivity index (χ2v) is 11.6. The molecule has 0 aliphatic carbocycles. The molecule has 5 rings (SSSR count). The van der Waals surface area contributed by atoms with Gasteiger partial charge in [-0.15, -0.1) is 0 Å². The van der Waals surface area contributed by atoms with Crippen molar-refractivity contribution in [2.45, 2.75) is 4.90 Å². The largest absolute Gasteiger partial charge is 0.497 e. The number of nitrogens with zero attached hydrogens (tertiary/aromatic N) is 3. The average molecular weight is 573 g/mol. The molecule has 12 heteroatoms. The number of hydrogen-bond donors (Lipinski definition) is 1. The predicted octanol–water partition coefficient (Wildman–Crippen LogP) is 4.73. The first kappa shape index (κ1) is 26.1. The van der Waals surface area contributed by atoms with E-state index in [0.29, 0.717) is 42.7 Å². The van der Waals surface area contributed by atoms with Crippen LogP contribution in [0, 0.1) is 0 Å². The molecule has 38 heavy (non-hydrogen) atoms. The van der Waals surface area contributed by atoms with Gasteiger partial charge in [0.25, 0.3) is 15.9 Å². The number of benzene rings is 3. The lowest BCUT2D eigenvalue weighted by atomic mass is 10.1. The maximum Gasteiger partial charge on any atom is 0.261 e. The Morgan fingerprint density at radius 1 is 0.974 bits per heavy atom. The van der Waals surface area contributed by atoms with Crippen LogP contribution in [0.15, 0.2) is 65.6 Å². The second kappa shape index (κ2) is 10.7. The van der Waals surface area contributed by atoms with Gasteiger partial charge in [-0.2, -0.15) is 0 Å². The molecular formula is C26H25ClN4O5S2. The van der Waals surface area contributed by atoms with Crippen molar-refractivity contribution >= 4 is 59.9 Å². The van der Waals surface area contributed by atoms with Gasteiger partial charge in [0.15, 0.2) is 5.13 Å². The molecule has 0 atom stereocenters. The fourth-order valence-electron chi connectivity index (χ4n) is 4.23.